The zero-order valence-corrected chi connectivity index (χ0v) is 9.83. The van der Waals surface area contributed by atoms with Crippen LogP contribution >= 0.6 is 0 Å². The van der Waals surface area contributed by atoms with Crippen LogP contribution in [0.5, 0.6) is 0 Å². The fourth-order valence-electron chi connectivity index (χ4n) is 1.91. The van der Waals surface area contributed by atoms with Crippen molar-refractivity contribution < 1.29 is 14.3 Å². The van der Waals surface area contributed by atoms with Crippen molar-refractivity contribution in [3.05, 3.63) is 54.3 Å². The Bertz CT molecular complexity index is 714. The quantitative estimate of drug-likeness (QED) is 0.752. The number of carboxylic acid groups (broad SMARTS) is 1. The first-order valence-electron chi connectivity index (χ1n) is 5.67. The molecule has 1 aromatic carbocycles. The minimum atomic E-state index is -0.974. The summed E-state index contributed by atoms with van der Waals surface area (Å²) < 4.78 is 5.26. The Morgan fingerprint density at radius 1 is 1.21 bits per heavy atom. The first-order valence-corrected chi connectivity index (χ1v) is 5.67. The minimum Gasteiger partial charge on any atom is -0.478 e. The Hall–Kier alpha value is -2.82. The molecule has 0 radical (unpaired) electrons. The van der Waals surface area contributed by atoms with Gasteiger partial charge in [0.2, 0.25) is 0 Å². The van der Waals surface area contributed by atoms with Crippen LogP contribution in [0, 0.1) is 0 Å². The Kier molecular flexibility index (Phi) is 2.64. The summed E-state index contributed by atoms with van der Waals surface area (Å²) in [6.45, 7) is 0. The van der Waals surface area contributed by atoms with E-state index in [0.717, 1.165) is 0 Å². The van der Waals surface area contributed by atoms with Gasteiger partial charge in [-0.05, 0) is 24.3 Å². The van der Waals surface area contributed by atoms with Gasteiger partial charge in [-0.1, -0.05) is 18.2 Å². The largest absolute Gasteiger partial charge is 0.478 e. The van der Waals surface area contributed by atoms with E-state index >= 15 is 0 Å². The molecule has 5 nitrogen and oxygen atoms in total. The van der Waals surface area contributed by atoms with Crippen LogP contribution in [0.3, 0.4) is 0 Å². The molecule has 0 fully saturated rings. The number of H-pyrrole nitrogens is 1. The average Bonchev–Trinajstić information content (AvgIpc) is 3.09. The molecule has 0 saturated carbocycles. The molecular formula is C14H10N2O3. The summed E-state index contributed by atoms with van der Waals surface area (Å²) in [6.07, 6.45) is 1.57. The fraction of sp³-hybridized carbons (Fsp3) is 0. The number of hydrogen-bond donors (Lipinski definition) is 2. The maximum Gasteiger partial charge on any atom is 0.336 e. The third kappa shape index (κ3) is 2.01. The van der Waals surface area contributed by atoms with Crippen molar-refractivity contribution >= 4 is 5.97 Å². The van der Waals surface area contributed by atoms with Gasteiger partial charge in [0.15, 0.2) is 5.76 Å². The van der Waals surface area contributed by atoms with Crippen LogP contribution in [-0.2, 0) is 0 Å². The van der Waals surface area contributed by atoms with E-state index in [0.29, 0.717) is 22.7 Å². The van der Waals surface area contributed by atoms with Crippen molar-refractivity contribution in [2.24, 2.45) is 0 Å². The van der Waals surface area contributed by atoms with E-state index in [1.54, 1.807) is 48.7 Å². The summed E-state index contributed by atoms with van der Waals surface area (Å²) in [7, 11) is 0. The standard InChI is InChI=1S/C14H10N2O3/c17-14(18)10-5-2-1-4-9(10)11-8-12(16-15-11)13-6-3-7-19-13/h1-8H,(H,15,16)(H,17,18). The average molecular weight is 254 g/mol. The molecule has 94 valence electrons. The molecule has 0 bridgehead atoms. The van der Waals surface area contributed by atoms with E-state index in [9.17, 15) is 4.79 Å². The number of aromatic nitrogens is 2. The monoisotopic (exact) mass is 254 g/mol. The maximum absolute atomic E-state index is 11.2. The van der Waals surface area contributed by atoms with E-state index < -0.39 is 5.97 Å². The first kappa shape index (κ1) is 11.3. The Morgan fingerprint density at radius 2 is 2.05 bits per heavy atom. The normalized spacial score (nSPS) is 10.5. The molecule has 0 aliphatic rings. The second-order valence-corrected chi connectivity index (χ2v) is 3.99. The lowest BCUT2D eigenvalue weighted by molar-refractivity contribution is 0.0697. The second kappa shape index (κ2) is 4.45. The van der Waals surface area contributed by atoms with Gasteiger partial charge in [-0.15, -0.1) is 0 Å². The molecule has 0 atom stereocenters. The highest BCUT2D eigenvalue weighted by Gasteiger charge is 2.14. The lowest BCUT2D eigenvalue weighted by atomic mass is 10.0. The van der Waals surface area contributed by atoms with Gasteiger partial charge in [0.25, 0.3) is 0 Å². The van der Waals surface area contributed by atoms with E-state index in [1.165, 1.54) is 0 Å². The molecule has 5 heteroatoms. The number of aromatic carboxylic acids is 1. The van der Waals surface area contributed by atoms with Crippen LogP contribution < -0.4 is 0 Å². The molecule has 0 aliphatic carbocycles. The van der Waals surface area contributed by atoms with E-state index in [1.807, 2.05) is 0 Å². The van der Waals surface area contributed by atoms with Crippen molar-refractivity contribution in [2.45, 2.75) is 0 Å². The van der Waals surface area contributed by atoms with Crippen LogP contribution in [-0.4, -0.2) is 21.3 Å². The highest BCUT2D eigenvalue weighted by molar-refractivity contribution is 5.95. The number of furan rings is 1. The zero-order chi connectivity index (χ0) is 13.2. The number of hydrogen-bond acceptors (Lipinski definition) is 3. The number of aromatic amines is 1. The molecule has 0 amide bonds. The molecule has 0 unspecified atom stereocenters. The predicted octanol–water partition coefficient (Wildman–Crippen LogP) is 3.03. The topological polar surface area (TPSA) is 79.1 Å². The van der Waals surface area contributed by atoms with E-state index in [-0.39, 0.29) is 5.56 Å². The highest BCUT2D eigenvalue weighted by atomic mass is 16.4. The minimum absolute atomic E-state index is 0.222. The summed E-state index contributed by atoms with van der Waals surface area (Å²) in [4.78, 5) is 11.2. The third-order valence-electron chi connectivity index (χ3n) is 2.80. The van der Waals surface area contributed by atoms with Crippen LogP contribution in [0.2, 0.25) is 0 Å². The second-order valence-electron chi connectivity index (χ2n) is 3.99. The van der Waals surface area contributed by atoms with Gasteiger partial charge in [-0.2, -0.15) is 5.10 Å². The molecule has 19 heavy (non-hydrogen) atoms. The molecule has 0 saturated heterocycles. The molecule has 2 heterocycles. The molecule has 3 aromatic rings. The summed E-state index contributed by atoms with van der Waals surface area (Å²) >= 11 is 0. The number of rotatable bonds is 3. The zero-order valence-electron chi connectivity index (χ0n) is 9.83. The van der Waals surface area contributed by atoms with Crippen molar-refractivity contribution in [2.75, 3.05) is 0 Å². The molecule has 2 aromatic heterocycles. The van der Waals surface area contributed by atoms with Crippen LogP contribution in [0.1, 0.15) is 10.4 Å². The third-order valence-corrected chi connectivity index (χ3v) is 2.80. The van der Waals surface area contributed by atoms with Gasteiger partial charge in [0.05, 0.1) is 17.5 Å². The number of carboxylic acids is 1. The van der Waals surface area contributed by atoms with Crippen LogP contribution in [0.25, 0.3) is 22.7 Å². The van der Waals surface area contributed by atoms with Gasteiger partial charge in [0.1, 0.15) is 5.69 Å². The fourth-order valence-corrected chi connectivity index (χ4v) is 1.91. The Balaban J connectivity index is 2.06. The number of carbonyl (C=O) groups is 1. The van der Waals surface area contributed by atoms with E-state index in [4.69, 9.17) is 9.52 Å². The van der Waals surface area contributed by atoms with Gasteiger partial charge >= 0.3 is 5.97 Å². The smallest absolute Gasteiger partial charge is 0.336 e. The lowest BCUT2D eigenvalue weighted by Gasteiger charge is -2.01. The maximum atomic E-state index is 11.2. The van der Waals surface area contributed by atoms with Gasteiger partial charge in [-0.25, -0.2) is 4.79 Å². The summed E-state index contributed by atoms with van der Waals surface area (Å²) in [6, 6.07) is 12.1. The number of benzene rings is 1. The molecule has 0 spiro atoms. The predicted molar refractivity (Wildman–Crippen MR) is 68.7 cm³/mol. The van der Waals surface area contributed by atoms with Crippen molar-refractivity contribution in [3.63, 3.8) is 0 Å². The summed E-state index contributed by atoms with van der Waals surface area (Å²) in [5.41, 5.74) is 2.08. The molecule has 0 aliphatic heterocycles. The Morgan fingerprint density at radius 3 is 2.79 bits per heavy atom. The van der Waals surface area contributed by atoms with Gasteiger partial charge < -0.3 is 9.52 Å². The van der Waals surface area contributed by atoms with E-state index in [2.05, 4.69) is 10.2 Å². The molecule has 3 rings (SSSR count). The summed E-state index contributed by atoms with van der Waals surface area (Å²) in [5, 5.41) is 16.1. The number of nitrogens with zero attached hydrogens (tertiary/aromatic N) is 1. The van der Waals surface area contributed by atoms with Crippen molar-refractivity contribution in [3.8, 4) is 22.7 Å². The van der Waals surface area contributed by atoms with Gasteiger partial charge in [-0.3, -0.25) is 5.10 Å². The van der Waals surface area contributed by atoms with Crippen LogP contribution in [0.4, 0.5) is 0 Å². The number of nitrogens with one attached hydrogen (secondary N) is 1. The molecule has 2 N–H and O–H groups in total. The Labute approximate surface area is 108 Å². The lowest BCUT2D eigenvalue weighted by Crippen LogP contribution is -1.98. The SMILES string of the molecule is O=C(O)c1ccccc1-c1cc(-c2ccco2)[nH]n1. The van der Waals surface area contributed by atoms with Crippen molar-refractivity contribution in [1.82, 2.24) is 10.2 Å². The van der Waals surface area contributed by atoms with Crippen LogP contribution in [0.15, 0.2) is 53.1 Å². The highest BCUT2D eigenvalue weighted by Crippen LogP contribution is 2.26. The summed E-state index contributed by atoms with van der Waals surface area (Å²) in [5.74, 6) is -0.315. The van der Waals surface area contributed by atoms with Crippen molar-refractivity contribution in [1.29, 1.82) is 0 Å². The first-order chi connectivity index (χ1) is 9.25. The van der Waals surface area contributed by atoms with Gasteiger partial charge in [0, 0.05) is 5.56 Å². The molecular weight excluding hydrogens is 244 g/mol.